The number of carbonyl (C=O) groups excluding carboxylic acids is 2. The molecule has 1 fully saturated rings. The van der Waals surface area contributed by atoms with Crippen molar-refractivity contribution in [3.05, 3.63) is 70.4 Å². The highest BCUT2D eigenvalue weighted by Crippen LogP contribution is 2.31. The summed E-state index contributed by atoms with van der Waals surface area (Å²) in [5.41, 5.74) is -0.459. The summed E-state index contributed by atoms with van der Waals surface area (Å²) in [5, 5.41) is 17.1. The summed E-state index contributed by atoms with van der Waals surface area (Å²) >= 11 is 1.57. The first-order valence-corrected chi connectivity index (χ1v) is 10.3. The van der Waals surface area contributed by atoms with Crippen LogP contribution in [0, 0.1) is 0 Å². The second-order valence-electron chi connectivity index (χ2n) is 7.28. The first kappa shape index (κ1) is 19.6. The zero-order valence-corrected chi connectivity index (χ0v) is 16.8. The van der Waals surface area contributed by atoms with E-state index in [9.17, 15) is 14.7 Å². The number of rotatable bonds is 7. The van der Waals surface area contributed by atoms with Gasteiger partial charge in [-0.05, 0) is 40.8 Å². The Kier molecular flexibility index (Phi) is 5.36. The van der Waals surface area contributed by atoms with Crippen LogP contribution in [0.5, 0.6) is 0 Å². The molecule has 2 atom stereocenters. The zero-order valence-electron chi connectivity index (χ0n) is 16.0. The molecule has 0 aliphatic carbocycles. The van der Waals surface area contributed by atoms with Gasteiger partial charge >= 0.3 is 6.03 Å². The summed E-state index contributed by atoms with van der Waals surface area (Å²) < 4.78 is 5.50. The van der Waals surface area contributed by atoms with Crippen LogP contribution in [0.2, 0.25) is 0 Å². The quantitative estimate of drug-likeness (QED) is 0.586. The fraction of sp³-hybridized carbons (Fsp3) is 0.273. The van der Waals surface area contributed by atoms with E-state index in [0.717, 1.165) is 20.5 Å². The van der Waals surface area contributed by atoms with Crippen LogP contribution >= 0.6 is 11.3 Å². The number of aliphatic hydroxyl groups excluding tert-OH is 1. The van der Waals surface area contributed by atoms with Crippen LogP contribution in [0.3, 0.4) is 0 Å². The zero-order chi connectivity index (χ0) is 20.4. The molecule has 0 radical (unpaired) electrons. The number of thiophene rings is 1. The molecule has 1 aromatic heterocycles. The molecule has 3 aromatic rings. The molecular formula is C22H22N2O4S. The maximum absolute atomic E-state index is 13.1. The Balaban J connectivity index is 1.44. The molecule has 6 nitrogen and oxygen atoms in total. The van der Waals surface area contributed by atoms with Gasteiger partial charge in [0.2, 0.25) is 0 Å². The fourth-order valence-electron chi connectivity index (χ4n) is 3.51. The number of β-amino-alcohol motifs (C(OH)–C–C–N with tert-alkyl or cyclic N) is 1. The minimum atomic E-state index is -1.17. The SMILES string of the molecule is C[C@@]1(c2ccc3ccccc3c2)NC(=O)N(C[C@@H](O)COCc2cccs2)C1=O. The van der Waals surface area contributed by atoms with Gasteiger partial charge in [-0.2, -0.15) is 0 Å². The molecule has 29 heavy (non-hydrogen) atoms. The lowest BCUT2D eigenvalue weighted by Crippen LogP contribution is -2.42. The molecule has 2 N–H and O–H groups in total. The predicted molar refractivity (Wildman–Crippen MR) is 112 cm³/mol. The third kappa shape index (κ3) is 3.89. The highest BCUT2D eigenvalue weighted by atomic mass is 32.1. The highest BCUT2D eigenvalue weighted by molar-refractivity contribution is 7.09. The Morgan fingerprint density at radius 3 is 2.69 bits per heavy atom. The number of carbonyl (C=O) groups is 2. The van der Waals surface area contributed by atoms with Gasteiger partial charge in [-0.1, -0.05) is 42.5 Å². The van der Waals surface area contributed by atoms with Gasteiger partial charge in [-0.15, -0.1) is 11.3 Å². The second kappa shape index (κ2) is 7.94. The number of aliphatic hydroxyl groups is 1. The Bertz CT molecular complexity index is 1040. The fourth-order valence-corrected chi connectivity index (χ4v) is 4.15. The summed E-state index contributed by atoms with van der Waals surface area (Å²) in [5.74, 6) is -0.380. The third-order valence-electron chi connectivity index (χ3n) is 5.13. The van der Waals surface area contributed by atoms with Crippen molar-refractivity contribution in [1.82, 2.24) is 10.2 Å². The smallest absolute Gasteiger partial charge is 0.325 e. The standard InChI is InChI=1S/C22H22N2O4S/c1-22(17-9-8-15-5-2-3-6-16(15)11-17)20(26)24(21(27)23-22)12-18(25)13-28-14-19-7-4-10-29-19/h2-11,18,25H,12-14H2,1H3,(H,23,27)/t18-,22+/m1/s1. The molecule has 2 heterocycles. The van der Waals surface area contributed by atoms with Crippen molar-refractivity contribution >= 4 is 34.0 Å². The summed E-state index contributed by atoms with van der Waals surface area (Å²) in [4.78, 5) is 27.7. The van der Waals surface area contributed by atoms with Gasteiger partial charge in [-0.25, -0.2) is 4.79 Å². The predicted octanol–water partition coefficient (Wildman–Crippen LogP) is 3.25. The van der Waals surface area contributed by atoms with Gasteiger partial charge in [0.1, 0.15) is 5.54 Å². The lowest BCUT2D eigenvalue weighted by Gasteiger charge is -2.23. The van der Waals surface area contributed by atoms with E-state index in [1.807, 2.05) is 60.0 Å². The lowest BCUT2D eigenvalue weighted by atomic mass is 9.90. The average molecular weight is 410 g/mol. The number of urea groups is 1. The molecule has 1 aliphatic heterocycles. The molecule has 2 aromatic carbocycles. The Labute approximate surface area is 172 Å². The van der Waals surface area contributed by atoms with Gasteiger partial charge in [0.25, 0.3) is 5.91 Å². The van der Waals surface area contributed by atoms with Gasteiger partial charge in [0.15, 0.2) is 0 Å². The summed E-state index contributed by atoms with van der Waals surface area (Å²) in [6.07, 6.45) is -0.955. The van der Waals surface area contributed by atoms with Gasteiger partial charge < -0.3 is 15.2 Å². The molecule has 4 rings (SSSR count). The van der Waals surface area contributed by atoms with Crippen LogP contribution in [0.15, 0.2) is 60.0 Å². The van der Waals surface area contributed by atoms with Crippen LogP contribution in [0.4, 0.5) is 4.79 Å². The van der Waals surface area contributed by atoms with E-state index < -0.39 is 17.7 Å². The number of nitrogens with one attached hydrogen (secondary N) is 1. The lowest BCUT2D eigenvalue weighted by molar-refractivity contribution is -0.132. The molecule has 1 aliphatic rings. The molecular weight excluding hydrogens is 388 g/mol. The first-order valence-electron chi connectivity index (χ1n) is 9.39. The number of hydrogen-bond donors (Lipinski definition) is 2. The molecule has 0 unspecified atom stereocenters. The Morgan fingerprint density at radius 1 is 1.14 bits per heavy atom. The van der Waals surface area contributed by atoms with Crippen molar-refractivity contribution in [3.8, 4) is 0 Å². The third-order valence-corrected chi connectivity index (χ3v) is 5.98. The van der Waals surface area contributed by atoms with Crippen molar-refractivity contribution in [3.63, 3.8) is 0 Å². The minimum absolute atomic E-state index is 0.0433. The number of hydrogen-bond acceptors (Lipinski definition) is 5. The van der Waals surface area contributed by atoms with E-state index in [-0.39, 0.29) is 19.1 Å². The maximum Gasteiger partial charge on any atom is 0.325 e. The molecule has 3 amide bonds. The summed E-state index contributed by atoms with van der Waals surface area (Å²) in [6.45, 7) is 2.01. The Morgan fingerprint density at radius 2 is 1.93 bits per heavy atom. The number of amides is 3. The molecule has 0 spiro atoms. The van der Waals surface area contributed by atoms with Crippen molar-refractivity contribution in [2.45, 2.75) is 25.2 Å². The molecule has 150 valence electrons. The Hall–Kier alpha value is -2.74. The monoisotopic (exact) mass is 410 g/mol. The summed E-state index contributed by atoms with van der Waals surface area (Å²) in [6, 6.07) is 16.9. The van der Waals surface area contributed by atoms with Crippen molar-refractivity contribution in [1.29, 1.82) is 0 Å². The van der Waals surface area contributed by atoms with E-state index in [0.29, 0.717) is 12.2 Å². The number of ether oxygens (including phenoxy) is 1. The van der Waals surface area contributed by atoms with Crippen LogP contribution < -0.4 is 5.32 Å². The van der Waals surface area contributed by atoms with Crippen LogP contribution in [-0.2, 0) is 21.7 Å². The average Bonchev–Trinajstić information content (AvgIpc) is 3.31. The number of imide groups is 1. The minimum Gasteiger partial charge on any atom is -0.389 e. The van der Waals surface area contributed by atoms with Gasteiger partial charge in [0, 0.05) is 4.88 Å². The summed E-state index contributed by atoms with van der Waals surface area (Å²) in [7, 11) is 0. The van der Waals surface area contributed by atoms with Crippen molar-refractivity contribution in [2.24, 2.45) is 0 Å². The van der Waals surface area contributed by atoms with Crippen molar-refractivity contribution < 1.29 is 19.4 Å². The van der Waals surface area contributed by atoms with E-state index in [1.54, 1.807) is 18.3 Å². The molecule has 0 saturated carbocycles. The van der Waals surface area contributed by atoms with Gasteiger partial charge in [-0.3, -0.25) is 9.69 Å². The maximum atomic E-state index is 13.1. The first-order chi connectivity index (χ1) is 14.0. The normalized spacial score (nSPS) is 20.3. The molecule has 7 heteroatoms. The van der Waals surface area contributed by atoms with Crippen LogP contribution in [0.25, 0.3) is 10.8 Å². The highest BCUT2D eigenvalue weighted by Gasteiger charge is 2.49. The molecule has 1 saturated heterocycles. The van der Waals surface area contributed by atoms with E-state index in [4.69, 9.17) is 4.74 Å². The van der Waals surface area contributed by atoms with Crippen LogP contribution in [0.1, 0.15) is 17.4 Å². The second-order valence-corrected chi connectivity index (χ2v) is 8.31. The number of fused-ring (bicyclic) bond motifs is 1. The largest absolute Gasteiger partial charge is 0.389 e. The number of benzene rings is 2. The van der Waals surface area contributed by atoms with Crippen LogP contribution in [-0.4, -0.2) is 41.2 Å². The topological polar surface area (TPSA) is 78.9 Å². The van der Waals surface area contributed by atoms with E-state index >= 15 is 0 Å². The van der Waals surface area contributed by atoms with E-state index in [2.05, 4.69) is 5.32 Å². The van der Waals surface area contributed by atoms with Crippen molar-refractivity contribution in [2.75, 3.05) is 13.2 Å². The number of nitrogens with zero attached hydrogens (tertiary/aromatic N) is 1. The molecule has 0 bridgehead atoms. The van der Waals surface area contributed by atoms with E-state index in [1.165, 1.54) is 0 Å². The van der Waals surface area contributed by atoms with Gasteiger partial charge in [0.05, 0.1) is 25.9 Å².